The van der Waals surface area contributed by atoms with Crippen molar-refractivity contribution in [2.75, 3.05) is 14.2 Å². The number of aryl methyl sites for hydroxylation is 1. The second-order valence-corrected chi connectivity index (χ2v) is 3.55. The SMILES string of the molecule is COc1ccc(CCC(=O)O)c(Cl)c1OC. The van der Waals surface area contributed by atoms with Crippen LogP contribution >= 0.6 is 11.6 Å². The molecule has 1 N–H and O–H groups in total. The minimum Gasteiger partial charge on any atom is -0.493 e. The van der Waals surface area contributed by atoms with Crippen molar-refractivity contribution in [1.29, 1.82) is 0 Å². The quantitative estimate of drug-likeness (QED) is 0.864. The summed E-state index contributed by atoms with van der Waals surface area (Å²) in [5, 5.41) is 9.00. The summed E-state index contributed by atoms with van der Waals surface area (Å²) in [6, 6.07) is 3.45. The minimum atomic E-state index is -0.856. The van der Waals surface area contributed by atoms with Gasteiger partial charge in [-0.1, -0.05) is 17.7 Å². The molecule has 0 aromatic heterocycles. The Morgan fingerprint density at radius 2 is 2.06 bits per heavy atom. The summed E-state index contributed by atoms with van der Waals surface area (Å²) in [5.41, 5.74) is 0.738. The van der Waals surface area contributed by atoms with Gasteiger partial charge in [0.25, 0.3) is 0 Å². The number of ether oxygens (including phenoxy) is 2. The first kappa shape index (κ1) is 12.6. The number of halogens is 1. The zero-order valence-electron chi connectivity index (χ0n) is 9.12. The zero-order chi connectivity index (χ0) is 12.1. The second-order valence-electron chi connectivity index (χ2n) is 3.17. The molecule has 0 saturated carbocycles. The lowest BCUT2D eigenvalue weighted by atomic mass is 10.1. The van der Waals surface area contributed by atoms with Gasteiger partial charge in [0.15, 0.2) is 11.5 Å². The third-order valence-electron chi connectivity index (χ3n) is 2.17. The van der Waals surface area contributed by atoms with Gasteiger partial charge in [0.1, 0.15) is 0 Å². The van der Waals surface area contributed by atoms with Crippen LogP contribution in [0.3, 0.4) is 0 Å². The van der Waals surface area contributed by atoms with E-state index in [2.05, 4.69) is 0 Å². The second kappa shape index (κ2) is 5.61. The van der Waals surface area contributed by atoms with Crippen LogP contribution in [0.25, 0.3) is 0 Å². The van der Waals surface area contributed by atoms with Crippen molar-refractivity contribution in [2.24, 2.45) is 0 Å². The number of aliphatic carboxylic acids is 1. The molecule has 0 saturated heterocycles. The van der Waals surface area contributed by atoms with Crippen molar-refractivity contribution in [3.8, 4) is 11.5 Å². The fourth-order valence-corrected chi connectivity index (χ4v) is 1.69. The largest absolute Gasteiger partial charge is 0.493 e. The van der Waals surface area contributed by atoms with Crippen LogP contribution < -0.4 is 9.47 Å². The van der Waals surface area contributed by atoms with Crippen molar-refractivity contribution in [2.45, 2.75) is 12.8 Å². The fraction of sp³-hybridized carbons (Fsp3) is 0.364. The number of hydrogen-bond donors (Lipinski definition) is 1. The predicted octanol–water partition coefficient (Wildman–Crippen LogP) is 2.37. The lowest BCUT2D eigenvalue weighted by molar-refractivity contribution is -0.136. The molecule has 0 heterocycles. The predicted molar refractivity (Wildman–Crippen MR) is 60.5 cm³/mol. The highest BCUT2D eigenvalue weighted by Gasteiger charge is 2.13. The van der Waals surface area contributed by atoms with Gasteiger partial charge in [0, 0.05) is 6.42 Å². The first-order valence-corrected chi connectivity index (χ1v) is 5.09. The number of carboxylic acid groups (broad SMARTS) is 1. The van der Waals surface area contributed by atoms with Crippen molar-refractivity contribution in [3.05, 3.63) is 22.7 Å². The van der Waals surface area contributed by atoms with Gasteiger partial charge >= 0.3 is 5.97 Å². The van der Waals surface area contributed by atoms with Crippen LogP contribution in [-0.4, -0.2) is 25.3 Å². The topological polar surface area (TPSA) is 55.8 Å². The van der Waals surface area contributed by atoms with Crippen LogP contribution in [-0.2, 0) is 11.2 Å². The van der Waals surface area contributed by atoms with E-state index in [-0.39, 0.29) is 6.42 Å². The molecule has 1 aromatic rings. The average Bonchev–Trinajstić information content (AvgIpc) is 2.26. The maximum absolute atomic E-state index is 10.5. The first-order valence-electron chi connectivity index (χ1n) is 4.71. The van der Waals surface area contributed by atoms with E-state index in [1.165, 1.54) is 14.2 Å². The molecule has 0 aliphatic heterocycles. The third-order valence-corrected chi connectivity index (χ3v) is 2.59. The molecule has 5 heteroatoms. The molecule has 16 heavy (non-hydrogen) atoms. The molecular weight excluding hydrogens is 232 g/mol. The van der Waals surface area contributed by atoms with E-state index < -0.39 is 5.97 Å². The summed E-state index contributed by atoms with van der Waals surface area (Å²) in [4.78, 5) is 10.5. The van der Waals surface area contributed by atoms with Crippen LogP contribution in [0.5, 0.6) is 11.5 Å². The van der Waals surface area contributed by atoms with Crippen LogP contribution in [0.15, 0.2) is 12.1 Å². The lowest BCUT2D eigenvalue weighted by Crippen LogP contribution is -1.99. The van der Waals surface area contributed by atoms with Crippen LogP contribution in [0.2, 0.25) is 5.02 Å². The van der Waals surface area contributed by atoms with E-state index in [1.807, 2.05) is 0 Å². The van der Waals surface area contributed by atoms with Gasteiger partial charge in [-0.25, -0.2) is 0 Å². The number of hydrogen-bond acceptors (Lipinski definition) is 3. The van der Waals surface area contributed by atoms with Crippen molar-refractivity contribution in [1.82, 2.24) is 0 Å². The molecule has 0 atom stereocenters. The number of methoxy groups -OCH3 is 2. The molecular formula is C11H13ClO4. The minimum absolute atomic E-state index is 0.0369. The Balaban J connectivity index is 2.99. The normalized spacial score (nSPS) is 9.94. The van der Waals surface area contributed by atoms with Crippen molar-refractivity contribution >= 4 is 17.6 Å². The van der Waals surface area contributed by atoms with Crippen molar-refractivity contribution < 1.29 is 19.4 Å². The lowest BCUT2D eigenvalue weighted by Gasteiger charge is -2.12. The monoisotopic (exact) mass is 244 g/mol. The highest BCUT2D eigenvalue weighted by molar-refractivity contribution is 6.33. The van der Waals surface area contributed by atoms with Gasteiger partial charge in [-0.2, -0.15) is 0 Å². The van der Waals surface area contributed by atoms with E-state index in [1.54, 1.807) is 12.1 Å². The Morgan fingerprint density at radius 3 is 2.56 bits per heavy atom. The highest BCUT2D eigenvalue weighted by Crippen LogP contribution is 2.37. The number of rotatable bonds is 5. The molecule has 0 aliphatic rings. The first-order chi connectivity index (χ1) is 7.60. The number of benzene rings is 1. The number of carboxylic acids is 1. The molecule has 4 nitrogen and oxygen atoms in total. The van der Waals surface area contributed by atoms with Gasteiger partial charge < -0.3 is 14.6 Å². The molecule has 88 valence electrons. The summed E-state index contributed by atoms with van der Waals surface area (Å²) in [7, 11) is 3.01. The molecule has 0 unspecified atom stereocenters. The van der Waals surface area contributed by atoms with Crippen LogP contribution in [0.4, 0.5) is 0 Å². The molecule has 0 spiro atoms. The van der Waals surface area contributed by atoms with Gasteiger partial charge in [-0.3, -0.25) is 4.79 Å². The van der Waals surface area contributed by atoms with Gasteiger partial charge in [0.2, 0.25) is 0 Å². The van der Waals surface area contributed by atoms with Crippen LogP contribution in [0, 0.1) is 0 Å². The summed E-state index contributed by atoms with van der Waals surface area (Å²) in [5.74, 6) is 0.115. The molecule has 1 rings (SSSR count). The van der Waals surface area contributed by atoms with E-state index in [0.29, 0.717) is 22.9 Å². The maximum atomic E-state index is 10.5. The molecule has 1 aromatic carbocycles. The van der Waals surface area contributed by atoms with E-state index >= 15 is 0 Å². The smallest absolute Gasteiger partial charge is 0.303 e. The van der Waals surface area contributed by atoms with Crippen molar-refractivity contribution in [3.63, 3.8) is 0 Å². The molecule has 0 aliphatic carbocycles. The summed E-state index contributed by atoms with van der Waals surface area (Å²) < 4.78 is 10.2. The summed E-state index contributed by atoms with van der Waals surface area (Å²) >= 11 is 6.08. The Kier molecular flexibility index (Phi) is 4.43. The van der Waals surface area contributed by atoms with Gasteiger partial charge in [-0.15, -0.1) is 0 Å². The highest BCUT2D eigenvalue weighted by atomic mass is 35.5. The standard InChI is InChI=1S/C11H13ClO4/c1-15-8-5-3-7(4-6-9(13)14)10(12)11(8)16-2/h3,5H,4,6H2,1-2H3,(H,13,14). The zero-order valence-corrected chi connectivity index (χ0v) is 9.87. The van der Waals surface area contributed by atoms with Gasteiger partial charge in [-0.05, 0) is 18.1 Å². The number of carbonyl (C=O) groups is 1. The molecule has 0 radical (unpaired) electrons. The summed E-state index contributed by atoms with van der Waals surface area (Å²) in [6.45, 7) is 0. The van der Waals surface area contributed by atoms with E-state index in [9.17, 15) is 4.79 Å². The molecule has 0 bridgehead atoms. The molecule has 0 amide bonds. The summed E-state index contributed by atoms with van der Waals surface area (Å²) in [6.07, 6.45) is 0.406. The van der Waals surface area contributed by atoms with Crippen LogP contribution in [0.1, 0.15) is 12.0 Å². The molecule has 0 fully saturated rings. The fourth-order valence-electron chi connectivity index (χ4n) is 1.36. The van der Waals surface area contributed by atoms with E-state index in [4.69, 9.17) is 26.2 Å². The third kappa shape index (κ3) is 2.79. The van der Waals surface area contributed by atoms with E-state index in [0.717, 1.165) is 5.56 Å². The Morgan fingerprint density at radius 1 is 1.38 bits per heavy atom. The maximum Gasteiger partial charge on any atom is 0.303 e. The Hall–Kier alpha value is -1.42. The Labute approximate surface area is 98.7 Å². The average molecular weight is 245 g/mol. The van der Waals surface area contributed by atoms with Gasteiger partial charge in [0.05, 0.1) is 19.2 Å². The Bertz CT molecular complexity index is 390.